The lowest BCUT2D eigenvalue weighted by Crippen LogP contribution is -2.15. The molecule has 0 heterocycles. The summed E-state index contributed by atoms with van der Waals surface area (Å²) in [5.41, 5.74) is 7.16. The average Bonchev–Trinajstić information content (AvgIpc) is 2.26. The molecule has 5 heteroatoms. The summed E-state index contributed by atoms with van der Waals surface area (Å²) in [6.45, 7) is 6.35. The predicted octanol–water partition coefficient (Wildman–Crippen LogP) is 3.46. The van der Waals surface area contributed by atoms with E-state index in [1.54, 1.807) is 25.3 Å². The summed E-state index contributed by atoms with van der Waals surface area (Å²) < 4.78 is 5.06. The first kappa shape index (κ1) is 17.6. The number of hydrogen-bond acceptors (Lipinski definition) is 3. The Bertz CT molecular complexity index is 428. The fraction of sp³-hybridized carbons (Fsp3) is 0.500. The first-order valence-electron chi connectivity index (χ1n) is 6.05. The SMILES string of the molecule is COc1ccc(NC(=O)CCC(C)(C)C)cc1N.Cl. The average molecular weight is 287 g/mol. The number of amides is 1. The Balaban J connectivity index is 0.00000324. The third kappa shape index (κ3) is 6.34. The van der Waals surface area contributed by atoms with Crippen molar-refractivity contribution in [1.82, 2.24) is 0 Å². The van der Waals surface area contributed by atoms with Crippen LogP contribution in [-0.2, 0) is 4.79 Å². The Morgan fingerprint density at radius 2 is 2.00 bits per heavy atom. The molecular formula is C14H23ClN2O2. The third-order valence-corrected chi connectivity index (χ3v) is 2.62. The minimum atomic E-state index is 0. The Hall–Kier alpha value is -1.42. The molecule has 0 saturated heterocycles. The number of benzene rings is 1. The topological polar surface area (TPSA) is 64.3 Å². The maximum absolute atomic E-state index is 11.7. The first-order chi connectivity index (χ1) is 8.31. The van der Waals surface area contributed by atoms with Gasteiger partial charge in [0, 0.05) is 12.1 Å². The van der Waals surface area contributed by atoms with E-state index in [2.05, 4.69) is 26.1 Å². The van der Waals surface area contributed by atoms with Gasteiger partial charge >= 0.3 is 0 Å². The van der Waals surface area contributed by atoms with Crippen LogP contribution in [0.3, 0.4) is 0 Å². The number of halogens is 1. The number of anilines is 2. The number of nitrogens with two attached hydrogens (primary N) is 1. The molecule has 0 radical (unpaired) electrons. The van der Waals surface area contributed by atoms with E-state index in [4.69, 9.17) is 10.5 Å². The van der Waals surface area contributed by atoms with Gasteiger partial charge in [-0.1, -0.05) is 20.8 Å². The molecule has 4 nitrogen and oxygen atoms in total. The number of ether oxygens (including phenoxy) is 1. The molecule has 108 valence electrons. The number of carbonyl (C=O) groups is 1. The number of nitrogens with one attached hydrogen (secondary N) is 1. The summed E-state index contributed by atoms with van der Waals surface area (Å²) in [4.78, 5) is 11.7. The number of carbonyl (C=O) groups excluding carboxylic acids is 1. The smallest absolute Gasteiger partial charge is 0.224 e. The minimum Gasteiger partial charge on any atom is -0.495 e. The molecule has 0 bridgehead atoms. The molecule has 0 unspecified atom stereocenters. The second kappa shape index (κ2) is 7.24. The first-order valence-corrected chi connectivity index (χ1v) is 6.05. The fourth-order valence-corrected chi connectivity index (χ4v) is 1.52. The maximum atomic E-state index is 11.7. The van der Waals surface area contributed by atoms with Gasteiger partial charge < -0.3 is 15.8 Å². The highest BCUT2D eigenvalue weighted by Crippen LogP contribution is 2.25. The monoisotopic (exact) mass is 286 g/mol. The molecule has 0 aliphatic heterocycles. The largest absolute Gasteiger partial charge is 0.495 e. The van der Waals surface area contributed by atoms with Gasteiger partial charge in [0.15, 0.2) is 0 Å². The van der Waals surface area contributed by atoms with Crippen LogP contribution in [0.15, 0.2) is 18.2 Å². The van der Waals surface area contributed by atoms with Crippen LogP contribution in [-0.4, -0.2) is 13.0 Å². The zero-order valence-corrected chi connectivity index (χ0v) is 12.8. The van der Waals surface area contributed by atoms with Crippen LogP contribution in [0.5, 0.6) is 5.75 Å². The lowest BCUT2D eigenvalue weighted by Gasteiger charge is -2.17. The van der Waals surface area contributed by atoms with E-state index >= 15 is 0 Å². The summed E-state index contributed by atoms with van der Waals surface area (Å²) in [6, 6.07) is 5.23. The minimum absolute atomic E-state index is 0. The van der Waals surface area contributed by atoms with Gasteiger partial charge in [0.2, 0.25) is 5.91 Å². The standard InChI is InChI=1S/C14H22N2O2.ClH/c1-14(2,3)8-7-13(17)16-10-5-6-12(18-4)11(15)9-10;/h5-6,9H,7-8,15H2,1-4H3,(H,16,17);1H. The van der Waals surface area contributed by atoms with E-state index in [0.717, 1.165) is 6.42 Å². The van der Waals surface area contributed by atoms with Crippen LogP contribution >= 0.6 is 12.4 Å². The summed E-state index contributed by atoms with van der Waals surface area (Å²) in [7, 11) is 1.56. The second-order valence-corrected chi connectivity index (χ2v) is 5.57. The summed E-state index contributed by atoms with van der Waals surface area (Å²) in [5.74, 6) is 0.622. The molecule has 0 aromatic heterocycles. The molecule has 0 atom stereocenters. The van der Waals surface area contributed by atoms with Gasteiger partial charge in [0.1, 0.15) is 5.75 Å². The number of nitrogen functional groups attached to an aromatic ring is 1. The molecular weight excluding hydrogens is 264 g/mol. The zero-order chi connectivity index (χ0) is 13.8. The van der Waals surface area contributed by atoms with Crippen molar-refractivity contribution in [3.63, 3.8) is 0 Å². The van der Waals surface area contributed by atoms with Crippen LogP contribution in [0, 0.1) is 5.41 Å². The van der Waals surface area contributed by atoms with E-state index in [-0.39, 0.29) is 23.7 Å². The lowest BCUT2D eigenvalue weighted by atomic mass is 9.90. The zero-order valence-electron chi connectivity index (χ0n) is 11.9. The van der Waals surface area contributed by atoms with E-state index in [1.807, 2.05) is 0 Å². The Labute approximate surface area is 121 Å². The third-order valence-electron chi connectivity index (χ3n) is 2.62. The lowest BCUT2D eigenvalue weighted by molar-refractivity contribution is -0.116. The van der Waals surface area contributed by atoms with E-state index < -0.39 is 0 Å². The van der Waals surface area contributed by atoms with Gasteiger partial charge in [0.05, 0.1) is 12.8 Å². The van der Waals surface area contributed by atoms with E-state index in [1.165, 1.54) is 0 Å². The van der Waals surface area contributed by atoms with Crippen molar-refractivity contribution in [2.75, 3.05) is 18.2 Å². The van der Waals surface area contributed by atoms with E-state index in [9.17, 15) is 4.79 Å². The quantitative estimate of drug-likeness (QED) is 0.833. The maximum Gasteiger partial charge on any atom is 0.224 e. The molecule has 1 amide bonds. The summed E-state index contributed by atoms with van der Waals surface area (Å²) in [5, 5.41) is 2.83. The Morgan fingerprint density at radius 3 is 2.47 bits per heavy atom. The van der Waals surface area contributed by atoms with Crippen LogP contribution in [0.2, 0.25) is 0 Å². The molecule has 0 aliphatic rings. The van der Waals surface area contributed by atoms with Gasteiger partial charge in [-0.2, -0.15) is 0 Å². The van der Waals surface area contributed by atoms with Crippen molar-refractivity contribution in [3.05, 3.63) is 18.2 Å². The van der Waals surface area contributed by atoms with Crippen LogP contribution in [0.1, 0.15) is 33.6 Å². The summed E-state index contributed by atoms with van der Waals surface area (Å²) in [6.07, 6.45) is 1.36. The second-order valence-electron chi connectivity index (χ2n) is 5.57. The fourth-order valence-electron chi connectivity index (χ4n) is 1.52. The highest BCUT2D eigenvalue weighted by molar-refractivity contribution is 5.91. The van der Waals surface area contributed by atoms with Crippen LogP contribution in [0.25, 0.3) is 0 Å². The van der Waals surface area contributed by atoms with Gasteiger partial charge in [-0.15, -0.1) is 12.4 Å². The van der Waals surface area contributed by atoms with Crippen molar-refractivity contribution in [3.8, 4) is 5.75 Å². The number of methoxy groups -OCH3 is 1. The molecule has 1 aromatic carbocycles. The van der Waals surface area contributed by atoms with Crippen molar-refractivity contribution in [1.29, 1.82) is 0 Å². The molecule has 19 heavy (non-hydrogen) atoms. The van der Waals surface area contributed by atoms with Gasteiger partial charge in [-0.25, -0.2) is 0 Å². The molecule has 1 aromatic rings. The Morgan fingerprint density at radius 1 is 1.37 bits per heavy atom. The van der Waals surface area contributed by atoms with Crippen molar-refractivity contribution < 1.29 is 9.53 Å². The molecule has 0 fully saturated rings. The van der Waals surface area contributed by atoms with E-state index in [0.29, 0.717) is 23.5 Å². The van der Waals surface area contributed by atoms with Crippen LogP contribution in [0.4, 0.5) is 11.4 Å². The van der Waals surface area contributed by atoms with Crippen LogP contribution < -0.4 is 15.8 Å². The van der Waals surface area contributed by atoms with Gasteiger partial charge in [-0.05, 0) is 30.0 Å². The van der Waals surface area contributed by atoms with Gasteiger partial charge in [0.25, 0.3) is 0 Å². The highest BCUT2D eigenvalue weighted by atomic mass is 35.5. The predicted molar refractivity (Wildman–Crippen MR) is 82.0 cm³/mol. The van der Waals surface area contributed by atoms with Crippen molar-refractivity contribution >= 4 is 29.7 Å². The summed E-state index contributed by atoms with van der Waals surface area (Å²) >= 11 is 0. The number of rotatable bonds is 4. The molecule has 0 saturated carbocycles. The molecule has 0 aliphatic carbocycles. The Kier molecular flexibility index (Phi) is 6.70. The van der Waals surface area contributed by atoms with Crippen molar-refractivity contribution in [2.24, 2.45) is 5.41 Å². The molecule has 0 spiro atoms. The molecule has 1 rings (SSSR count). The highest BCUT2D eigenvalue weighted by Gasteiger charge is 2.13. The molecule has 3 N–H and O–H groups in total. The van der Waals surface area contributed by atoms with Crippen molar-refractivity contribution in [2.45, 2.75) is 33.6 Å². The normalized spacial score (nSPS) is 10.5. The number of hydrogen-bond donors (Lipinski definition) is 2. The van der Waals surface area contributed by atoms with Gasteiger partial charge in [-0.3, -0.25) is 4.79 Å².